The summed E-state index contributed by atoms with van der Waals surface area (Å²) in [6.45, 7) is 3.86. The molecule has 2 N–H and O–H groups in total. The van der Waals surface area contributed by atoms with Crippen LogP contribution >= 0.6 is 0 Å². The molecular weight excluding hydrogens is 354 g/mol. The Morgan fingerprint density at radius 2 is 2.08 bits per heavy atom. The fraction of sp³-hybridized carbons (Fsp3) is 0.353. The lowest BCUT2D eigenvalue weighted by Crippen LogP contribution is -2.35. The Morgan fingerprint density at radius 3 is 2.73 bits per heavy atom. The Labute approximate surface area is 152 Å². The number of sulfonamides is 1. The van der Waals surface area contributed by atoms with Gasteiger partial charge >= 0.3 is 0 Å². The number of hydrogen-bond acceptors (Lipinski definition) is 5. The average Bonchev–Trinajstić information content (AvgIpc) is 3.13. The number of nitrogens with one attached hydrogen (secondary N) is 2. The number of aryl methyl sites for hydroxylation is 1. The Kier molecular flexibility index (Phi) is 4.82. The predicted molar refractivity (Wildman–Crippen MR) is 98.4 cm³/mol. The van der Waals surface area contributed by atoms with Crippen molar-refractivity contribution < 1.29 is 13.2 Å². The van der Waals surface area contributed by atoms with E-state index in [1.54, 1.807) is 42.2 Å². The second kappa shape index (κ2) is 6.91. The fourth-order valence-corrected chi connectivity index (χ4v) is 3.96. The van der Waals surface area contributed by atoms with E-state index in [0.29, 0.717) is 17.8 Å². The van der Waals surface area contributed by atoms with Crippen LogP contribution in [0.5, 0.6) is 0 Å². The topological polar surface area (TPSA) is 105 Å². The number of aromatic nitrogens is 2. The molecule has 1 aliphatic heterocycles. The number of aliphatic imine (C=N–C) groups is 1. The number of rotatable bonds is 5. The summed E-state index contributed by atoms with van der Waals surface area (Å²) in [5.41, 5.74) is 0.478. The molecule has 2 atom stereocenters. The van der Waals surface area contributed by atoms with E-state index in [9.17, 15) is 13.2 Å². The van der Waals surface area contributed by atoms with Crippen molar-refractivity contribution in [2.45, 2.75) is 31.2 Å². The molecule has 0 unspecified atom stereocenters. The van der Waals surface area contributed by atoms with E-state index in [-0.39, 0.29) is 22.6 Å². The van der Waals surface area contributed by atoms with Gasteiger partial charge in [0.2, 0.25) is 0 Å². The van der Waals surface area contributed by atoms with Gasteiger partial charge in [0, 0.05) is 24.9 Å². The van der Waals surface area contributed by atoms with Crippen LogP contribution in [0.1, 0.15) is 25.8 Å². The zero-order valence-corrected chi connectivity index (χ0v) is 15.6. The molecule has 9 heteroatoms. The minimum absolute atomic E-state index is 0.0801. The lowest BCUT2D eigenvalue weighted by Gasteiger charge is -2.18. The van der Waals surface area contributed by atoms with Crippen LogP contribution in [0, 0.1) is 5.92 Å². The van der Waals surface area contributed by atoms with Gasteiger partial charge in [-0.25, -0.2) is 8.42 Å². The number of anilines is 1. The highest BCUT2D eigenvalue weighted by Gasteiger charge is 2.33. The first-order valence-electron chi connectivity index (χ1n) is 8.32. The molecule has 1 aromatic heterocycles. The first-order chi connectivity index (χ1) is 12.3. The van der Waals surface area contributed by atoms with E-state index in [4.69, 9.17) is 0 Å². The van der Waals surface area contributed by atoms with Gasteiger partial charge in [0.25, 0.3) is 15.9 Å². The van der Waals surface area contributed by atoms with Gasteiger partial charge in [-0.2, -0.15) is 5.10 Å². The Balaban J connectivity index is 1.94. The molecule has 1 aliphatic rings. The van der Waals surface area contributed by atoms with Crippen molar-refractivity contribution in [3.05, 3.63) is 42.1 Å². The van der Waals surface area contributed by atoms with Gasteiger partial charge in [0.1, 0.15) is 11.9 Å². The van der Waals surface area contributed by atoms with Gasteiger partial charge < -0.3 is 5.32 Å². The minimum Gasteiger partial charge on any atom is -0.307 e. The largest absolute Gasteiger partial charge is 0.307 e. The molecule has 0 aliphatic carbocycles. The quantitative estimate of drug-likeness (QED) is 0.826. The summed E-state index contributed by atoms with van der Waals surface area (Å²) in [5, 5.41) is 6.88. The van der Waals surface area contributed by atoms with Crippen molar-refractivity contribution in [1.29, 1.82) is 0 Å². The Morgan fingerprint density at radius 1 is 1.35 bits per heavy atom. The van der Waals surface area contributed by atoms with Crippen LogP contribution in [0.2, 0.25) is 0 Å². The number of fused-ring (bicyclic) bond motifs is 1. The summed E-state index contributed by atoms with van der Waals surface area (Å²) in [4.78, 5) is 17.4. The van der Waals surface area contributed by atoms with Crippen molar-refractivity contribution in [3.63, 3.8) is 0 Å². The molecular formula is C17H21N5O3S. The van der Waals surface area contributed by atoms with Crippen LogP contribution < -0.4 is 10.0 Å². The molecule has 1 aromatic carbocycles. The molecule has 1 amide bonds. The van der Waals surface area contributed by atoms with Gasteiger partial charge in [-0.05, 0) is 18.1 Å². The van der Waals surface area contributed by atoms with E-state index in [1.807, 2.05) is 13.8 Å². The Bertz CT molecular complexity index is 964. The first-order valence-corrected chi connectivity index (χ1v) is 9.80. The van der Waals surface area contributed by atoms with Gasteiger partial charge in [-0.3, -0.25) is 19.2 Å². The maximum Gasteiger partial charge on any atom is 0.263 e. The highest BCUT2D eigenvalue weighted by Crippen LogP contribution is 2.24. The fourth-order valence-electron chi connectivity index (χ4n) is 2.72. The third-order valence-corrected chi connectivity index (χ3v) is 5.74. The van der Waals surface area contributed by atoms with Crippen LogP contribution in [0.25, 0.3) is 0 Å². The SMILES string of the molecule is CC[C@H](C)[C@H](N=C1NS(=O)(=O)c2ccccc21)C(=O)Nc1ccn(C)n1. The highest BCUT2D eigenvalue weighted by molar-refractivity contribution is 7.90. The monoisotopic (exact) mass is 375 g/mol. The molecule has 0 spiro atoms. The van der Waals surface area contributed by atoms with Crippen molar-refractivity contribution in [3.8, 4) is 0 Å². The lowest BCUT2D eigenvalue weighted by atomic mass is 9.98. The maximum absolute atomic E-state index is 12.7. The second-order valence-electron chi connectivity index (χ2n) is 6.27. The van der Waals surface area contributed by atoms with Crippen LogP contribution in [-0.2, 0) is 21.9 Å². The summed E-state index contributed by atoms with van der Waals surface area (Å²) >= 11 is 0. The van der Waals surface area contributed by atoms with Gasteiger partial charge in [-0.15, -0.1) is 0 Å². The van der Waals surface area contributed by atoms with E-state index < -0.39 is 16.1 Å². The minimum atomic E-state index is -3.64. The van der Waals surface area contributed by atoms with Crippen LogP contribution in [0.15, 0.2) is 46.4 Å². The number of nitrogens with zero attached hydrogens (tertiary/aromatic N) is 3. The number of benzene rings is 1. The molecule has 0 fully saturated rings. The maximum atomic E-state index is 12.7. The van der Waals surface area contributed by atoms with E-state index in [2.05, 4.69) is 20.1 Å². The van der Waals surface area contributed by atoms with E-state index in [0.717, 1.165) is 0 Å². The molecule has 2 heterocycles. The number of amidine groups is 1. The van der Waals surface area contributed by atoms with Gasteiger partial charge in [0.15, 0.2) is 5.82 Å². The van der Waals surface area contributed by atoms with Crippen molar-refractivity contribution in [2.75, 3.05) is 5.32 Å². The Hall–Kier alpha value is -2.68. The molecule has 8 nitrogen and oxygen atoms in total. The normalized spacial score (nSPS) is 18.8. The van der Waals surface area contributed by atoms with Gasteiger partial charge in [0.05, 0.1) is 4.90 Å². The summed E-state index contributed by atoms with van der Waals surface area (Å²) in [6, 6.07) is 7.53. The molecule has 0 saturated carbocycles. The van der Waals surface area contributed by atoms with E-state index >= 15 is 0 Å². The zero-order chi connectivity index (χ0) is 18.9. The number of hydrogen-bond donors (Lipinski definition) is 2. The smallest absolute Gasteiger partial charge is 0.263 e. The predicted octanol–water partition coefficient (Wildman–Crippen LogP) is 1.51. The summed E-state index contributed by atoms with van der Waals surface area (Å²) in [5.74, 6) is 0.220. The summed E-state index contributed by atoms with van der Waals surface area (Å²) in [7, 11) is -1.89. The van der Waals surface area contributed by atoms with Crippen molar-refractivity contribution in [1.82, 2.24) is 14.5 Å². The zero-order valence-electron chi connectivity index (χ0n) is 14.8. The molecule has 138 valence electrons. The number of carbonyl (C=O) groups is 1. The third-order valence-electron chi connectivity index (χ3n) is 4.35. The van der Waals surface area contributed by atoms with E-state index in [1.165, 1.54) is 6.07 Å². The molecule has 3 rings (SSSR count). The molecule has 0 saturated heterocycles. The second-order valence-corrected chi connectivity index (χ2v) is 7.92. The third kappa shape index (κ3) is 3.48. The molecule has 26 heavy (non-hydrogen) atoms. The molecule has 0 radical (unpaired) electrons. The highest BCUT2D eigenvalue weighted by atomic mass is 32.2. The van der Waals surface area contributed by atoms with Crippen LogP contribution in [-0.4, -0.2) is 36.0 Å². The lowest BCUT2D eigenvalue weighted by molar-refractivity contribution is -0.118. The van der Waals surface area contributed by atoms with Crippen LogP contribution in [0.4, 0.5) is 5.82 Å². The molecule has 2 aromatic rings. The summed E-state index contributed by atoms with van der Waals surface area (Å²) in [6.07, 6.45) is 2.44. The number of carbonyl (C=O) groups excluding carboxylic acids is 1. The standard InChI is InChI=1S/C17H21N5O3S/c1-4-11(2)15(17(23)18-14-9-10-22(3)20-14)19-16-12-7-5-6-8-13(12)26(24,25)21-16/h5-11,15H,4H2,1-3H3,(H,19,21)(H,18,20,23)/t11-,15-/m0/s1. The van der Waals surface area contributed by atoms with Gasteiger partial charge in [-0.1, -0.05) is 32.4 Å². The van der Waals surface area contributed by atoms with Crippen molar-refractivity contribution >= 4 is 27.6 Å². The summed E-state index contributed by atoms with van der Waals surface area (Å²) < 4.78 is 28.5. The average molecular weight is 375 g/mol. The molecule has 0 bridgehead atoms. The van der Waals surface area contributed by atoms with Crippen LogP contribution in [0.3, 0.4) is 0 Å². The van der Waals surface area contributed by atoms with Crippen molar-refractivity contribution in [2.24, 2.45) is 18.0 Å². The first kappa shape index (κ1) is 18.1. The number of amides is 1.